The van der Waals surface area contributed by atoms with Gasteiger partial charge in [0.25, 0.3) is 0 Å². The first-order chi connectivity index (χ1) is 16.7. The van der Waals surface area contributed by atoms with E-state index in [9.17, 15) is 5.11 Å². The predicted molar refractivity (Wildman–Crippen MR) is 133 cm³/mol. The summed E-state index contributed by atoms with van der Waals surface area (Å²) in [5.74, 6) is 2.90. The lowest BCUT2D eigenvalue weighted by Crippen LogP contribution is -2.33. The van der Waals surface area contributed by atoms with Crippen LogP contribution < -0.4 is 19.5 Å². The molecule has 5 rings (SSSR count). The van der Waals surface area contributed by atoms with Gasteiger partial charge in [-0.25, -0.2) is 0 Å². The maximum Gasteiger partial charge on any atom is 0.231 e. The van der Waals surface area contributed by atoms with Gasteiger partial charge in [-0.3, -0.25) is 0 Å². The van der Waals surface area contributed by atoms with E-state index in [1.165, 1.54) is 22.3 Å². The van der Waals surface area contributed by atoms with Gasteiger partial charge in [-0.1, -0.05) is 37.3 Å². The van der Waals surface area contributed by atoms with Gasteiger partial charge in [0, 0.05) is 18.2 Å². The van der Waals surface area contributed by atoms with E-state index in [1.54, 1.807) is 0 Å². The molecule has 0 fully saturated rings. The number of rotatable bonds is 8. The first-order valence-corrected chi connectivity index (χ1v) is 12.2. The molecule has 0 saturated carbocycles. The van der Waals surface area contributed by atoms with Crippen molar-refractivity contribution in [3.05, 3.63) is 88.0 Å². The lowest BCUT2D eigenvalue weighted by molar-refractivity contribution is 0.174. The molecule has 2 unspecified atom stereocenters. The molecule has 0 amide bonds. The van der Waals surface area contributed by atoms with Crippen molar-refractivity contribution in [2.45, 2.75) is 58.3 Å². The van der Waals surface area contributed by atoms with Crippen molar-refractivity contribution in [2.24, 2.45) is 0 Å². The van der Waals surface area contributed by atoms with Crippen LogP contribution in [-0.4, -0.2) is 18.4 Å². The Morgan fingerprint density at radius 3 is 2.56 bits per heavy atom. The van der Waals surface area contributed by atoms with E-state index in [0.717, 1.165) is 54.2 Å². The topological polar surface area (TPSA) is 60.0 Å². The molecule has 2 atom stereocenters. The van der Waals surface area contributed by atoms with E-state index in [4.69, 9.17) is 14.2 Å². The van der Waals surface area contributed by atoms with Crippen molar-refractivity contribution in [1.82, 2.24) is 5.32 Å². The number of aryl methyl sites for hydroxylation is 2. The quantitative estimate of drug-likeness (QED) is 0.461. The van der Waals surface area contributed by atoms with E-state index in [2.05, 4.69) is 55.6 Å². The zero-order valence-corrected chi connectivity index (χ0v) is 20.0. The monoisotopic (exact) mass is 459 g/mol. The molecular weight excluding hydrogens is 426 g/mol. The highest BCUT2D eigenvalue weighted by Crippen LogP contribution is 2.40. The first-order valence-electron chi connectivity index (χ1n) is 12.2. The smallest absolute Gasteiger partial charge is 0.231 e. The Labute approximate surface area is 201 Å². The minimum absolute atomic E-state index is 0.0395. The average Bonchev–Trinajstić information content (AvgIpc) is 3.33. The summed E-state index contributed by atoms with van der Waals surface area (Å²) in [7, 11) is 0. The minimum Gasteiger partial charge on any atom is -0.489 e. The standard InChI is InChI=1S/C29H33NO4/c1-3-21-15-30-26(10-9-22-13-29-28(11-19(22)2)33-18-34-29)25-12-23(16-31)27(14-24(21)25)32-17-20-7-5-4-6-8-20/h4-8,11-14,21,26,30-31H,3,9-10,15-18H2,1-2H3. The number of fused-ring (bicyclic) bond motifs is 2. The number of ether oxygens (including phenoxy) is 3. The largest absolute Gasteiger partial charge is 0.489 e. The van der Waals surface area contributed by atoms with Crippen LogP contribution in [0.3, 0.4) is 0 Å². The molecule has 0 spiro atoms. The van der Waals surface area contributed by atoms with Gasteiger partial charge in [0.05, 0.1) is 6.61 Å². The second-order valence-electron chi connectivity index (χ2n) is 9.26. The molecule has 0 saturated heterocycles. The molecule has 2 heterocycles. The Balaban J connectivity index is 1.38. The second kappa shape index (κ2) is 10.1. The highest BCUT2D eigenvalue weighted by Gasteiger charge is 2.28. The van der Waals surface area contributed by atoms with E-state index >= 15 is 0 Å². The van der Waals surface area contributed by atoms with E-state index in [1.807, 2.05) is 18.2 Å². The zero-order valence-electron chi connectivity index (χ0n) is 20.0. The van der Waals surface area contributed by atoms with Gasteiger partial charge in [0.2, 0.25) is 6.79 Å². The van der Waals surface area contributed by atoms with Crippen LogP contribution >= 0.6 is 0 Å². The Bertz CT molecular complexity index is 1140. The lowest BCUT2D eigenvalue weighted by Gasteiger charge is -2.34. The molecule has 5 heteroatoms. The lowest BCUT2D eigenvalue weighted by atomic mass is 9.82. The van der Waals surface area contributed by atoms with Crippen molar-refractivity contribution in [3.63, 3.8) is 0 Å². The van der Waals surface area contributed by atoms with Gasteiger partial charge in [-0.15, -0.1) is 0 Å². The van der Waals surface area contributed by atoms with Crippen LogP contribution in [0.1, 0.15) is 65.1 Å². The molecule has 0 radical (unpaired) electrons. The minimum atomic E-state index is -0.0395. The number of nitrogens with one attached hydrogen (secondary N) is 1. The maximum absolute atomic E-state index is 10.1. The summed E-state index contributed by atoms with van der Waals surface area (Å²) < 4.78 is 17.3. The molecule has 2 aliphatic heterocycles. The normalized spacial score (nSPS) is 18.6. The summed E-state index contributed by atoms with van der Waals surface area (Å²) in [6, 6.07) is 18.9. The summed E-state index contributed by atoms with van der Waals surface area (Å²) in [5, 5.41) is 13.9. The number of hydrogen-bond donors (Lipinski definition) is 2. The molecule has 2 N–H and O–H groups in total. The predicted octanol–water partition coefficient (Wildman–Crippen LogP) is 5.57. The number of benzene rings is 3. The molecule has 3 aromatic rings. The third-order valence-corrected chi connectivity index (χ3v) is 7.13. The summed E-state index contributed by atoms with van der Waals surface area (Å²) in [6.07, 6.45) is 2.97. The van der Waals surface area contributed by atoms with E-state index in [-0.39, 0.29) is 12.6 Å². The third-order valence-electron chi connectivity index (χ3n) is 7.13. The Hall–Kier alpha value is -3.02. The van der Waals surface area contributed by atoms with Crippen LogP contribution in [0.4, 0.5) is 0 Å². The first kappa shape index (κ1) is 22.8. The number of hydrogen-bond acceptors (Lipinski definition) is 5. The summed E-state index contributed by atoms with van der Waals surface area (Å²) in [6.45, 7) is 6.07. The number of aliphatic hydroxyl groups is 1. The van der Waals surface area contributed by atoms with Crippen LogP contribution in [0, 0.1) is 6.92 Å². The molecule has 0 aromatic heterocycles. The highest BCUT2D eigenvalue weighted by atomic mass is 16.7. The molecule has 0 aliphatic carbocycles. The highest BCUT2D eigenvalue weighted by molar-refractivity contribution is 5.49. The molecule has 2 aliphatic rings. The average molecular weight is 460 g/mol. The van der Waals surface area contributed by atoms with Gasteiger partial charge in [0.1, 0.15) is 12.4 Å². The van der Waals surface area contributed by atoms with Crippen molar-refractivity contribution in [1.29, 1.82) is 0 Å². The van der Waals surface area contributed by atoms with Crippen LogP contribution in [0.25, 0.3) is 0 Å². The van der Waals surface area contributed by atoms with Crippen molar-refractivity contribution >= 4 is 0 Å². The zero-order chi connectivity index (χ0) is 23.5. The summed E-state index contributed by atoms with van der Waals surface area (Å²) in [5.41, 5.74) is 7.11. The van der Waals surface area contributed by atoms with Gasteiger partial charge in [0.15, 0.2) is 11.5 Å². The second-order valence-corrected chi connectivity index (χ2v) is 9.26. The molecule has 178 valence electrons. The Morgan fingerprint density at radius 2 is 1.79 bits per heavy atom. The van der Waals surface area contributed by atoms with Crippen LogP contribution in [0.15, 0.2) is 54.6 Å². The summed E-state index contributed by atoms with van der Waals surface area (Å²) >= 11 is 0. The van der Waals surface area contributed by atoms with Crippen LogP contribution in [0.2, 0.25) is 0 Å². The van der Waals surface area contributed by atoms with Crippen molar-refractivity contribution in [2.75, 3.05) is 13.3 Å². The SMILES string of the molecule is CCC1CNC(CCc2cc3c(cc2C)OCO3)c2cc(CO)c(OCc3ccccc3)cc21. The fourth-order valence-electron chi connectivity index (χ4n) is 5.09. The van der Waals surface area contributed by atoms with Gasteiger partial charge in [-0.2, -0.15) is 0 Å². The molecular formula is C29H33NO4. The molecule has 0 bridgehead atoms. The van der Waals surface area contributed by atoms with Gasteiger partial charge < -0.3 is 24.6 Å². The Morgan fingerprint density at radius 1 is 1.00 bits per heavy atom. The van der Waals surface area contributed by atoms with Crippen molar-refractivity contribution < 1.29 is 19.3 Å². The van der Waals surface area contributed by atoms with Crippen LogP contribution in [-0.2, 0) is 19.6 Å². The maximum atomic E-state index is 10.1. The van der Waals surface area contributed by atoms with E-state index < -0.39 is 0 Å². The fraction of sp³-hybridized carbons (Fsp3) is 0.379. The molecule has 5 nitrogen and oxygen atoms in total. The molecule has 34 heavy (non-hydrogen) atoms. The third kappa shape index (κ3) is 4.63. The van der Waals surface area contributed by atoms with Gasteiger partial charge in [-0.05, 0) is 84.2 Å². The summed E-state index contributed by atoms with van der Waals surface area (Å²) in [4.78, 5) is 0. The van der Waals surface area contributed by atoms with Crippen molar-refractivity contribution in [3.8, 4) is 17.2 Å². The number of aliphatic hydroxyl groups excluding tert-OH is 1. The van der Waals surface area contributed by atoms with Crippen LogP contribution in [0.5, 0.6) is 17.2 Å². The Kier molecular flexibility index (Phi) is 6.75. The molecule has 3 aromatic carbocycles. The van der Waals surface area contributed by atoms with Gasteiger partial charge >= 0.3 is 0 Å². The fourth-order valence-corrected chi connectivity index (χ4v) is 5.09. The van der Waals surface area contributed by atoms with E-state index in [0.29, 0.717) is 19.3 Å².